The molecule has 2 aliphatic rings. The highest BCUT2D eigenvalue weighted by Crippen LogP contribution is 2.42. The van der Waals surface area contributed by atoms with Crippen molar-refractivity contribution in [3.63, 3.8) is 0 Å². The van der Waals surface area contributed by atoms with Crippen LogP contribution < -0.4 is 0 Å². The van der Waals surface area contributed by atoms with Gasteiger partial charge in [0.2, 0.25) is 17.7 Å². The quantitative estimate of drug-likeness (QED) is 0.428. The summed E-state index contributed by atoms with van der Waals surface area (Å²) in [7, 11) is 1.59. The van der Waals surface area contributed by atoms with Crippen LogP contribution in [0.4, 0.5) is 0 Å². The Morgan fingerprint density at radius 2 is 1.75 bits per heavy atom. The van der Waals surface area contributed by atoms with Crippen LogP contribution in [0.3, 0.4) is 0 Å². The molecule has 192 valence electrons. The number of rotatable bonds is 9. The first-order chi connectivity index (χ1) is 17.4. The van der Waals surface area contributed by atoms with Gasteiger partial charge >= 0.3 is 0 Å². The van der Waals surface area contributed by atoms with E-state index >= 15 is 0 Å². The number of aliphatic hydroxyl groups is 1. The maximum atomic E-state index is 13.8. The van der Waals surface area contributed by atoms with Crippen molar-refractivity contribution in [2.45, 2.75) is 50.5 Å². The smallest absolute Gasteiger partial charge is 0.240 e. The van der Waals surface area contributed by atoms with Crippen molar-refractivity contribution in [3.05, 3.63) is 71.3 Å². The Labute approximate surface area is 213 Å². The standard InChI is InChI=1S/C29H36N2O5/c1-21-9-6-7-12-24(21)29(20-26(33)31(28(29)35)15-8-18-36-2)19-25(32)30-16-13-23(14-17-30)27(34)22-10-4-3-5-11-22/h3-7,9-12,23,27,34H,8,13-20H2,1-2H3/t27-,29-/m0/s1. The van der Waals surface area contributed by atoms with Crippen molar-refractivity contribution < 1.29 is 24.2 Å². The zero-order valence-corrected chi connectivity index (χ0v) is 21.2. The molecule has 4 rings (SSSR count). The average molecular weight is 493 g/mol. The number of nitrogens with zero attached hydrogens (tertiary/aromatic N) is 2. The Balaban J connectivity index is 1.50. The summed E-state index contributed by atoms with van der Waals surface area (Å²) in [6.45, 7) is 3.71. The number of carbonyl (C=O) groups is 3. The summed E-state index contributed by atoms with van der Waals surface area (Å²) >= 11 is 0. The molecule has 0 saturated carbocycles. The van der Waals surface area contributed by atoms with Crippen LogP contribution >= 0.6 is 0 Å². The molecule has 1 N–H and O–H groups in total. The number of hydrogen-bond donors (Lipinski definition) is 1. The molecule has 7 heteroatoms. The second-order valence-electron chi connectivity index (χ2n) is 10.0. The van der Waals surface area contributed by atoms with Gasteiger partial charge in [0.25, 0.3) is 0 Å². The van der Waals surface area contributed by atoms with E-state index in [4.69, 9.17) is 4.74 Å². The topological polar surface area (TPSA) is 87.2 Å². The number of aliphatic hydroxyl groups excluding tert-OH is 1. The van der Waals surface area contributed by atoms with Crippen molar-refractivity contribution in [3.8, 4) is 0 Å². The summed E-state index contributed by atoms with van der Waals surface area (Å²) in [6.07, 6.45) is 1.35. The minimum absolute atomic E-state index is 0.00139. The van der Waals surface area contributed by atoms with Crippen LogP contribution in [0.15, 0.2) is 54.6 Å². The van der Waals surface area contributed by atoms with Crippen LogP contribution in [0.1, 0.15) is 54.9 Å². The van der Waals surface area contributed by atoms with E-state index in [2.05, 4.69) is 0 Å². The van der Waals surface area contributed by atoms with Crippen LogP contribution in [0.5, 0.6) is 0 Å². The van der Waals surface area contributed by atoms with Gasteiger partial charge in [-0.25, -0.2) is 0 Å². The van der Waals surface area contributed by atoms with Crippen LogP contribution in [-0.4, -0.2) is 66.0 Å². The number of ether oxygens (including phenoxy) is 1. The van der Waals surface area contributed by atoms with Crippen molar-refractivity contribution in [1.29, 1.82) is 0 Å². The molecule has 2 aromatic carbocycles. The van der Waals surface area contributed by atoms with Gasteiger partial charge in [-0.1, -0.05) is 54.6 Å². The molecule has 0 aromatic heterocycles. The molecule has 0 radical (unpaired) electrons. The van der Waals surface area contributed by atoms with Gasteiger partial charge in [0.15, 0.2) is 0 Å². The Morgan fingerprint density at radius 1 is 1.08 bits per heavy atom. The van der Waals surface area contributed by atoms with Crippen LogP contribution in [0.2, 0.25) is 0 Å². The molecule has 2 aromatic rings. The highest BCUT2D eigenvalue weighted by Gasteiger charge is 2.54. The largest absolute Gasteiger partial charge is 0.388 e. The Hall–Kier alpha value is -3.03. The van der Waals surface area contributed by atoms with Crippen molar-refractivity contribution >= 4 is 17.7 Å². The third kappa shape index (κ3) is 5.22. The highest BCUT2D eigenvalue weighted by atomic mass is 16.5. The maximum absolute atomic E-state index is 13.8. The second kappa shape index (κ2) is 11.4. The Bertz CT molecular complexity index is 1080. The third-order valence-electron chi connectivity index (χ3n) is 7.73. The summed E-state index contributed by atoms with van der Waals surface area (Å²) in [5.74, 6) is -0.573. The fourth-order valence-corrected chi connectivity index (χ4v) is 5.70. The Kier molecular flexibility index (Phi) is 8.21. The summed E-state index contributed by atoms with van der Waals surface area (Å²) in [5.41, 5.74) is 1.35. The van der Waals surface area contributed by atoms with Gasteiger partial charge < -0.3 is 14.7 Å². The number of imide groups is 1. The molecule has 3 amide bonds. The summed E-state index contributed by atoms with van der Waals surface area (Å²) in [5, 5.41) is 10.8. The number of aryl methyl sites for hydroxylation is 1. The predicted octanol–water partition coefficient (Wildman–Crippen LogP) is 3.39. The second-order valence-corrected chi connectivity index (χ2v) is 10.0. The molecule has 0 spiro atoms. The maximum Gasteiger partial charge on any atom is 0.240 e. The van der Waals surface area contributed by atoms with Crippen LogP contribution in [-0.2, 0) is 24.5 Å². The van der Waals surface area contributed by atoms with Crippen LogP contribution in [0, 0.1) is 12.8 Å². The average Bonchev–Trinajstić information content (AvgIpc) is 3.13. The van der Waals surface area contributed by atoms with Crippen molar-refractivity contribution in [1.82, 2.24) is 9.80 Å². The first kappa shape index (κ1) is 26.0. The lowest BCUT2D eigenvalue weighted by Crippen LogP contribution is -2.46. The molecule has 2 saturated heterocycles. The summed E-state index contributed by atoms with van der Waals surface area (Å²) in [6, 6.07) is 17.2. The zero-order valence-electron chi connectivity index (χ0n) is 21.2. The number of benzene rings is 2. The van der Waals surface area contributed by atoms with E-state index in [1.54, 1.807) is 12.0 Å². The molecule has 0 aliphatic carbocycles. The molecule has 2 heterocycles. The minimum atomic E-state index is -1.19. The zero-order chi connectivity index (χ0) is 25.7. The fraction of sp³-hybridized carbons (Fsp3) is 0.483. The van der Waals surface area contributed by atoms with E-state index in [1.807, 2.05) is 61.5 Å². The van der Waals surface area contributed by atoms with Gasteiger partial charge in [-0.3, -0.25) is 19.3 Å². The Morgan fingerprint density at radius 3 is 2.42 bits per heavy atom. The van der Waals surface area contributed by atoms with E-state index in [0.717, 1.165) is 16.7 Å². The van der Waals surface area contributed by atoms with Gasteiger partial charge in [-0.2, -0.15) is 0 Å². The van der Waals surface area contributed by atoms with Gasteiger partial charge in [0.05, 0.1) is 11.5 Å². The molecule has 7 nitrogen and oxygen atoms in total. The van der Waals surface area contributed by atoms with E-state index in [9.17, 15) is 19.5 Å². The molecular formula is C29H36N2O5. The number of amides is 3. The van der Waals surface area contributed by atoms with E-state index in [1.165, 1.54) is 4.90 Å². The lowest BCUT2D eigenvalue weighted by Gasteiger charge is -2.36. The monoisotopic (exact) mass is 492 g/mol. The number of carbonyl (C=O) groups excluding carboxylic acids is 3. The number of methoxy groups -OCH3 is 1. The number of hydrogen-bond acceptors (Lipinski definition) is 5. The van der Waals surface area contributed by atoms with E-state index in [-0.39, 0.29) is 43.0 Å². The minimum Gasteiger partial charge on any atom is -0.388 e. The predicted molar refractivity (Wildman–Crippen MR) is 136 cm³/mol. The fourth-order valence-electron chi connectivity index (χ4n) is 5.70. The third-order valence-corrected chi connectivity index (χ3v) is 7.73. The number of likely N-dealkylation sites (tertiary alicyclic amines) is 2. The molecule has 36 heavy (non-hydrogen) atoms. The van der Waals surface area contributed by atoms with E-state index < -0.39 is 11.5 Å². The van der Waals surface area contributed by atoms with Crippen molar-refractivity contribution in [2.24, 2.45) is 5.92 Å². The van der Waals surface area contributed by atoms with Gasteiger partial charge in [0, 0.05) is 46.2 Å². The normalized spacial score (nSPS) is 21.8. The first-order valence-corrected chi connectivity index (χ1v) is 12.8. The lowest BCUT2D eigenvalue weighted by molar-refractivity contribution is -0.143. The van der Waals surface area contributed by atoms with Gasteiger partial charge in [-0.05, 0) is 48.8 Å². The van der Waals surface area contributed by atoms with Crippen LogP contribution in [0.25, 0.3) is 0 Å². The molecule has 0 unspecified atom stereocenters. The molecular weight excluding hydrogens is 456 g/mol. The lowest BCUT2D eigenvalue weighted by atomic mass is 9.73. The van der Waals surface area contributed by atoms with Gasteiger partial charge in [-0.15, -0.1) is 0 Å². The molecule has 0 bridgehead atoms. The van der Waals surface area contributed by atoms with Crippen molar-refractivity contribution in [2.75, 3.05) is 33.4 Å². The van der Waals surface area contributed by atoms with Gasteiger partial charge in [0.1, 0.15) is 0 Å². The highest BCUT2D eigenvalue weighted by molar-refractivity contribution is 6.11. The van der Waals surface area contributed by atoms with E-state index in [0.29, 0.717) is 39.0 Å². The summed E-state index contributed by atoms with van der Waals surface area (Å²) < 4.78 is 5.10. The molecule has 2 aliphatic heterocycles. The molecule has 2 fully saturated rings. The SMILES string of the molecule is COCCCN1C(=O)C[C@@](CC(=O)N2CCC([C@@H](O)c3ccccc3)CC2)(c2ccccc2C)C1=O. The first-order valence-electron chi connectivity index (χ1n) is 12.8. The number of piperidine rings is 1. The summed E-state index contributed by atoms with van der Waals surface area (Å²) in [4.78, 5) is 43.4. The molecule has 2 atom stereocenters.